The van der Waals surface area contributed by atoms with E-state index in [1.807, 2.05) is 43.9 Å². The number of methoxy groups -OCH3 is 2. The van der Waals surface area contributed by atoms with Crippen molar-refractivity contribution in [3.05, 3.63) is 23.8 Å². The van der Waals surface area contributed by atoms with E-state index in [1.165, 1.54) is 0 Å². The van der Waals surface area contributed by atoms with Crippen molar-refractivity contribution in [2.24, 2.45) is 5.92 Å². The summed E-state index contributed by atoms with van der Waals surface area (Å²) in [4.78, 5) is 26.2. The molecule has 3 N–H and O–H groups in total. The molecule has 0 aromatic heterocycles. The highest BCUT2D eigenvalue weighted by atomic mass is 16.5. The molecule has 2 rings (SSSR count). The largest absolute Gasteiger partial charge is 0.493 e. The Bertz CT molecular complexity index is 694. The Kier molecular flexibility index (Phi) is 7.99. The maximum atomic E-state index is 12.2. The Morgan fingerprint density at radius 3 is 2.31 bits per heavy atom. The van der Waals surface area contributed by atoms with Crippen LogP contribution < -0.4 is 25.4 Å². The Morgan fingerprint density at radius 2 is 1.72 bits per heavy atom. The number of piperidine rings is 1. The molecule has 0 aliphatic carbocycles. The lowest BCUT2D eigenvalue weighted by atomic mass is 9.97. The summed E-state index contributed by atoms with van der Waals surface area (Å²) in [5, 5.41) is 8.78. The van der Waals surface area contributed by atoms with E-state index in [2.05, 4.69) is 16.0 Å². The number of carbonyl (C=O) groups is 2. The van der Waals surface area contributed by atoms with Crippen LogP contribution in [0.3, 0.4) is 0 Å². The zero-order chi connectivity index (χ0) is 21.4. The molecule has 0 saturated carbocycles. The monoisotopic (exact) mass is 406 g/mol. The molecule has 29 heavy (non-hydrogen) atoms. The van der Waals surface area contributed by atoms with E-state index < -0.39 is 0 Å². The second-order valence-corrected chi connectivity index (χ2v) is 8.36. The van der Waals surface area contributed by atoms with E-state index in [4.69, 9.17) is 9.47 Å². The van der Waals surface area contributed by atoms with Gasteiger partial charge in [-0.15, -0.1) is 0 Å². The Morgan fingerprint density at radius 1 is 1.07 bits per heavy atom. The number of urea groups is 2. The van der Waals surface area contributed by atoms with E-state index in [-0.39, 0.29) is 17.6 Å². The van der Waals surface area contributed by atoms with Crippen molar-refractivity contribution in [2.75, 3.05) is 33.9 Å². The summed E-state index contributed by atoms with van der Waals surface area (Å²) < 4.78 is 10.5. The van der Waals surface area contributed by atoms with Crippen molar-refractivity contribution in [3.63, 3.8) is 0 Å². The Balaban J connectivity index is 1.69. The van der Waals surface area contributed by atoms with E-state index >= 15 is 0 Å². The zero-order valence-corrected chi connectivity index (χ0v) is 18.1. The second-order valence-electron chi connectivity index (χ2n) is 8.36. The predicted octanol–water partition coefficient (Wildman–Crippen LogP) is 2.72. The molecule has 8 nitrogen and oxygen atoms in total. The first-order valence-electron chi connectivity index (χ1n) is 10.0. The number of nitrogens with one attached hydrogen (secondary N) is 3. The summed E-state index contributed by atoms with van der Waals surface area (Å²) in [6.07, 6.45) is 1.76. The lowest BCUT2D eigenvalue weighted by Gasteiger charge is -2.34. The highest BCUT2D eigenvalue weighted by Gasteiger charge is 2.25. The van der Waals surface area contributed by atoms with Crippen LogP contribution in [0.15, 0.2) is 18.2 Å². The molecule has 1 saturated heterocycles. The maximum absolute atomic E-state index is 12.2. The summed E-state index contributed by atoms with van der Waals surface area (Å²) in [6.45, 7) is 8.35. The van der Waals surface area contributed by atoms with Gasteiger partial charge in [0.05, 0.1) is 14.2 Å². The number of ether oxygens (including phenoxy) is 2. The topological polar surface area (TPSA) is 91.9 Å². The van der Waals surface area contributed by atoms with Crippen LogP contribution in [0, 0.1) is 5.92 Å². The SMILES string of the molecule is COc1ccc(CNC(=O)NCC2CCN(C(=O)NC(C)(C)C)CC2)cc1OC. The fraction of sp³-hybridized carbons (Fsp3) is 0.619. The number of nitrogens with zero attached hydrogens (tertiary/aromatic N) is 1. The van der Waals surface area contributed by atoms with Crippen LogP contribution in [0.1, 0.15) is 39.2 Å². The molecule has 0 spiro atoms. The van der Waals surface area contributed by atoms with E-state index in [1.54, 1.807) is 14.2 Å². The standard InChI is InChI=1S/C21H34N4O4/c1-21(2,3)24-20(27)25-10-8-15(9-11-25)13-22-19(26)23-14-16-6-7-17(28-4)18(12-16)29-5/h6-7,12,15H,8-11,13-14H2,1-5H3,(H,24,27)(H2,22,23,26). The molecule has 162 valence electrons. The Labute approximate surface area is 173 Å². The summed E-state index contributed by atoms with van der Waals surface area (Å²) in [6, 6.07) is 5.33. The maximum Gasteiger partial charge on any atom is 0.317 e. The first-order chi connectivity index (χ1) is 13.7. The molecule has 1 fully saturated rings. The fourth-order valence-corrected chi connectivity index (χ4v) is 3.21. The van der Waals surface area contributed by atoms with Crippen molar-refractivity contribution in [2.45, 2.75) is 45.7 Å². The minimum absolute atomic E-state index is 0.0171. The molecule has 0 bridgehead atoms. The highest BCUT2D eigenvalue weighted by Crippen LogP contribution is 2.27. The van der Waals surface area contributed by atoms with Crippen molar-refractivity contribution in [1.82, 2.24) is 20.9 Å². The molecule has 1 heterocycles. The first-order valence-corrected chi connectivity index (χ1v) is 10.0. The molecule has 1 aliphatic heterocycles. The normalized spacial score (nSPS) is 14.9. The summed E-state index contributed by atoms with van der Waals surface area (Å²) >= 11 is 0. The van der Waals surface area contributed by atoms with Gasteiger partial charge in [0.25, 0.3) is 0 Å². The van der Waals surface area contributed by atoms with Gasteiger partial charge in [-0.3, -0.25) is 0 Å². The van der Waals surface area contributed by atoms with Crippen molar-refractivity contribution in [3.8, 4) is 11.5 Å². The molecule has 8 heteroatoms. The number of hydrogen-bond acceptors (Lipinski definition) is 4. The lowest BCUT2D eigenvalue weighted by molar-refractivity contribution is 0.162. The van der Waals surface area contributed by atoms with E-state index in [9.17, 15) is 9.59 Å². The number of amides is 4. The molecular formula is C21H34N4O4. The molecule has 4 amide bonds. The minimum Gasteiger partial charge on any atom is -0.493 e. The van der Waals surface area contributed by atoms with E-state index in [0.717, 1.165) is 18.4 Å². The van der Waals surface area contributed by atoms with Gasteiger partial charge < -0.3 is 30.3 Å². The van der Waals surface area contributed by atoms with Crippen molar-refractivity contribution >= 4 is 12.1 Å². The molecule has 1 aliphatic rings. The van der Waals surface area contributed by atoms with Gasteiger partial charge in [-0.05, 0) is 57.2 Å². The van der Waals surface area contributed by atoms with Gasteiger partial charge in [-0.25, -0.2) is 9.59 Å². The molecule has 1 aromatic rings. The average molecular weight is 407 g/mol. The van der Waals surface area contributed by atoms with Crippen LogP contribution in [0.5, 0.6) is 11.5 Å². The van der Waals surface area contributed by atoms with Crippen LogP contribution in [-0.4, -0.2) is 56.4 Å². The van der Waals surface area contributed by atoms with Gasteiger partial charge >= 0.3 is 12.1 Å². The summed E-state index contributed by atoms with van der Waals surface area (Å²) in [7, 11) is 3.17. The first kappa shape index (κ1) is 22.6. The number of benzene rings is 1. The third-order valence-corrected chi connectivity index (χ3v) is 4.84. The van der Waals surface area contributed by atoms with Gasteiger partial charge in [0.15, 0.2) is 11.5 Å². The van der Waals surface area contributed by atoms with Crippen LogP contribution in [-0.2, 0) is 6.54 Å². The van der Waals surface area contributed by atoms with Gasteiger partial charge in [0.2, 0.25) is 0 Å². The lowest BCUT2D eigenvalue weighted by Crippen LogP contribution is -2.51. The average Bonchev–Trinajstić information content (AvgIpc) is 2.69. The van der Waals surface area contributed by atoms with Gasteiger partial charge in [-0.2, -0.15) is 0 Å². The van der Waals surface area contributed by atoms with Crippen LogP contribution in [0.25, 0.3) is 0 Å². The molecular weight excluding hydrogens is 372 g/mol. The van der Waals surface area contributed by atoms with Crippen LogP contribution in [0.4, 0.5) is 9.59 Å². The molecule has 0 unspecified atom stereocenters. The van der Waals surface area contributed by atoms with Gasteiger partial charge in [0, 0.05) is 31.7 Å². The number of hydrogen-bond donors (Lipinski definition) is 3. The fourth-order valence-electron chi connectivity index (χ4n) is 3.21. The van der Waals surface area contributed by atoms with E-state index in [0.29, 0.717) is 43.6 Å². The molecule has 0 radical (unpaired) electrons. The van der Waals surface area contributed by atoms with Gasteiger partial charge in [-0.1, -0.05) is 6.07 Å². The number of likely N-dealkylation sites (tertiary alicyclic amines) is 1. The third kappa shape index (κ3) is 7.36. The number of carbonyl (C=O) groups excluding carboxylic acids is 2. The van der Waals surface area contributed by atoms with Gasteiger partial charge in [0.1, 0.15) is 0 Å². The summed E-state index contributed by atoms with van der Waals surface area (Å²) in [5.41, 5.74) is 0.692. The number of rotatable bonds is 6. The van der Waals surface area contributed by atoms with Crippen LogP contribution in [0.2, 0.25) is 0 Å². The second kappa shape index (κ2) is 10.2. The minimum atomic E-state index is -0.235. The summed E-state index contributed by atoms with van der Waals surface area (Å²) in [5.74, 6) is 1.67. The highest BCUT2D eigenvalue weighted by molar-refractivity contribution is 5.75. The third-order valence-electron chi connectivity index (χ3n) is 4.84. The zero-order valence-electron chi connectivity index (χ0n) is 18.1. The predicted molar refractivity (Wildman–Crippen MR) is 112 cm³/mol. The van der Waals surface area contributed by atoms with Crippen molar-refractivity contribution in [1.29, 1.82) is 0 Å². The quantitative estimate of drug-likeness (QED) is 0.677. The van der Waals surface area contributed by atoms with Crippen molar-refractivity contribution < 1.29 is 19.1 Å². The Hall–Kier alpha value is -2.64. The smallest absolute Gasteiger partial charge is 0.317 e. The van der Waals surface area contributed by atoms with Crippen LogP contribution >= 0.6 is 0 Å². The molecule has 1 aromatic carbocycles. The molecule has 0 atom stereocenters.